The molecular formula is C14H27N5O5S. The van der Waals surface area contributed by atoms with Crippen LogP contribution in [0, 0.1) is 0 Å². The predicted octanol–water partition coefficient (Wildman–Crippen LogP) is -2.44. The minimum absolute atomic E-state index is 0.122. The SMILES string of the molecule is CC(NC(=O)C(CCCCN)NC(=O)C(N)CS)C(=O)NCC(=O)O. The van der Waals surface area contributed by atoms with Gasteiger partial charge in [-0.2, -0.15) is 12.6 Å². The van der Waals surface area contributed by atoms with Crippen LogP contribution in [0.1, 0.15) is 26.2 Å². The van der Waals surface area contributed by atoms with Gasteiger partial charge < -0.3 is 32.5 Å². The third-order valence-corrected chi connectivity index (χ3v) is 3.67. The number of rotatable bonds is 12. The van der Waals surface area contributed by atoms with Crippen molar-refractivity contribution < 1.29 is 24.3 Å². The quantitative estimate of drug-likeness (QED) is 0.146. The molecule has 0 bridgehead atoms. The summed E-state index contributed by atoms with van der Waals surface area (Å²) in [5, 5.41) is 15.7. The monoisotopic (exact) mass is 377 g/mol. The normalized spacial score (nSPS) is 14.1. The smallest absolute Gasteiger partial charge is 0.322 e. The van der Waals surface area contributed by atoms with Crippen LogP contribution in [0.3, 0.4) is 0 Å². The summed E-state index contributed by atoms with van der Waals surface area (Å²) >= 11 is 3.93. The molecular weight excluding hydrogens is 350 g/mol. The van der Waals surface area contributed by atoms with Crippen LogP contribution >= 0.6 is 12.6 Å². The third kappa shape index (κ3) is 9.89. The summed E-state index contributed by atoms with van der Waals surface area (Å²) in [5.41, 5.74) is 11.0. The molecule has 0 rings (SSSR count). The molecule has 10 nitrogen and oxygen atoms in total. The molecule has 11 heteroatoms. The average Bonchev–Trinajstić information content (AvgIpc) is 2.57. The fraction of sp³-hybridized carbons (Fsp3) is 0.714. The molecule has 144 valence electrons. The molecule has 0 aliphatic heterocycles. The number of carbonyl (C=O) groups excluding carboxylic acids is 3. The Hall–Kier alpha value is -1.85. The van der Waals surface area contributed by atoms with E-state index in [4.69, 9.17) is 16.6 Å². The van der Waals surface area contributed by atoms with E-state index in [2.05, 4.69) is 28.6 Å². The van der Waals surface area contributed by atoms with Crippen molar-refractivity contribution in [2.24, 2.45) is 11.5 Å². The van der Waals surface area contributed by atoms with Gasteiger partial charge in [0, 0.05) is 5.75 Å². The molecule has 8 N–H and O–H groups in total. The molecule has 0 aromatic rings. The first-order valence-corrected chi connectivity index (χ1v) is 8.52. The Kier molecular flexibility index (Phi) is 11.6. The Labute approximate surface area is 151 Å². The lowest BCUT2D eigenvalue weighted by Crippen LogP contribution is -2.55. The second kappa shape index (κ2) is 12.5. The van der Waals surface area contributed by atoms with E-state index in [9.17, 15) is 19.2 Å². The van der Waals surface area contributed by atoms with Crippen molar-refractivity contribution in [1.82, 2.24) is 16.0 Å². The predicted molar refractivity (Wildman–Crippen MR) is 94.9 cm³/mol. The Balaban J connectivity index is 4.75. The number of aliphatic carboxylic acids is 1. The van der Waals surface area contributed by atoms with E-state index in [1.807, 2.05) is 0 Å². The summed E-state index contributed by atoms with van der Waals surface area (Å²) in [5.74, 6) is -2.80. The summed E-state index contributed by atoms with van der Waals surface area (Å²) in [4.78, 5) is 46.4. The molecule has 0 spiro atoms. The zero-order valence-electron chi connectivity index (χ0n) is 14.2. The van der Waals surface area contributed by atoms with Crippen molar-refractivity contribution in [3.05, 3.63) is 0 Å². The van der Waals surface area contributed by atoms with Gasteiger partial charge in [0.25, 0.3) is 0 Å². The van der Waals surface area contributed by atoms with Gasteiger partial charge in [0.2, 0.25) is 17.7 Å². The van der Waals surface area contributed by atoms with Crippen molar-refractivity contribution in [1.29, 1.82) is 0 Å². The van der Waals surface area contributed by atoms with Crippen LogP contribution in [0.5, 0.6) is 0 Å². The summed E-state index contributed by atoms with van der Waals surface area (Å²) in [6, 6.07) is -2.69. The van der Waals surface area contributed by atoms with Crippen LogP contribution in [-0.2, 0) is 19.2 Å². The Morgan fingerprint density at radius 3 is 2.24 bits per heavy atom. The van der Waals surface area contributed by atoms with Crippen molar-refractivity contribution in [3.8, 4) is 0 Å². The second-order valence-electron chi connectivity index (χ2n) is 5.48. The van der Waals surface area contributed by atoms with Gasteiger partial charge in [0.1, 0.15) is 18.6 Å². The molecule has 0 heterocycles. The molecule has 0 aliphatic carbocycles. The molecule has 0 aromatic carbocycles. The number of nitrogens with one attached hydrogen (secondary N) is 3. The van der Waals surface area contributed by atoms with Crippen LogP contribution < -0.4 is 27.4 Å². The zero-order valence-corrected chi connectivity index (χ0v) is 15.1. The van der Waals surface area contributed by atoms with Crippen LogP contribution in [0.2, 0.25) is 0 Å². The maximum Gasteiger partial charge on any atom is 0.322 e. The van der Waals surface area contributed by atoms with Gasteiger partial charge in [-0.25, -0.2) is 0 Å². The van der Waals surface area contributed by atoms with E-state index < -0.39 is 48.4 Å². The van der Waals surface area contributed by atoms with Crippen LogP contribution in [0.25, 0.3) is 0 Å². The first-order valence-electron chi connectivity index (χ1n) is 7.89. The molecule has 25 heavy (non-hydrogen) atoms. The van der Waals surface area contributed by atoms with E-state index in [-0.39, 0.29) is 5.75 Å². The third-order valence-electron chi connectivity index (χ3n) is 3.28. The standard InChI is InChI=1S/C14H27N5O5S/c1-8(12(22)17-6-11(20)21)18-14(24)10(4-2-3-5-15)19-13(23)9(16)7-25/h8-10,25H,2-7,15-16H2,1H3,(H,17,22)(H,18,24)(H,19,23)(H,20,21). The summed E-state index contributed by atoms with van der Waals surface area (Å²) in [6.07, 6.45) is 1.61. The number of carboxylic acids is 1. The molecule has 0 aliphatic rings. The highest BCUT2D eigenvalue weighted by Crippen LogP contribution is 2.02. The van der Waals surface area contributed by atoms with Crippen molar-refractivity contribution in [2.45, 2.75) is 44.3 Å². The zero-order chi connectivity index (χ0) is 19.4. The average molecular weight is 377 g/mol. The minimum Gasteiger partial charge on any atom is -0.480 e. The molecule has 0 saturated carbocycles. The number of hydrogen-bond acceptors (Lipinski definition) is 7. The van der Waals surface area contributed by atoms with Crippen LogP contribution in [0.15, 0.2) is 0 Å². The molecule has 0 aromatic heterocycles. The maximum atomic E-state index is 12.3. The highest BCUT2D eigenvalue weighted by molar-refractivity contribution is 7.80. The number of nitrogens with two attached hydrogens (primary N) is 2. The lowest BCUT2D eigenvalue weighted by atomic mass is 10.1. The molecule has 3 atom stereocenters. The van der Waals surface area contributed by atoms with E-state index >= 15 is 0 Å². The van der Waals surface area contributed by atoms with E-state index in [1.165, 1.54) is 6.92 Å². The summed E-state index contributed by atoms with van der Waals surface area (Å²) in [7, 11) is 0. The van der Waals surface area contributed by atoms with Crippen molar-refractivity contribution in [2.75, 3.05) is 18.8 Å². The van der Waals surface area contributed by atoms with Crippen molar-refractivity contribution in [3.63, 3.8) is 0 Å². The summed E-state index contributed by atoms with van der Waals surface area (Å²) < 4.78 is 0. The fourth-order valence-corrected chi connectivity index (χ4v) is 1.98. The van der Waals surface area contributed by atoms with Gasteiger partial charge in [-0.3, -0.25) is 19.2 Å². The first-order chi connectivity index (χ1) is 11.7. The Morgan fingerprint density at radius 2 is 1.72 bits per heavy atom. The number of hydrogen-bond donors (Lipinski definition) is 7. The van der Waals surface area contributed by atoms with Gasteiger partial charge in [0.05, 0.1) is 6.04 Å². The molecule has 0 saturated heterocycles. The highest BCUT2D eigenvalue weighted by Gasteiger charge is 2.25. The Morgan fingerprint density at radius 1 is 1.08 bits per heavy atom. The van der Waals surface area contributed by atoms with Gasteiger partial charge in [-0.1, -0.05) is 0 Å². The topological polar surface area (TPSA) is 177 Å². The summed E-state index contributed by atoms with van der Waals surface area (Å²) in [6.45, 7) is 1.31. The minimum atomic E-state index is -1.19. The molecule has 3 unspecified atom stereocenters. The van der Waals surface area contributed by atoms with Gasteiger partial charge >= 0.3 is 5.97 Å². The van der Waals surface area contributed by atoms with Gasteiger partial charge in [0.15, 0.2) is 0 Å². The molecule has 0 radical (unpaired) electrons. The van der Waals surface area contributed by atoms with Crippen molar-refractivity contribution >= 4 is 36.3 Å². The van der Waals surface area contributed by atoms with E-state index in [0.717, 1.165) is 0 Å². The first kappa shape index (κ1) is 23.1. The number of carboxylic acid groups (broad SMARTS) is 1. The largest absolute Gasteiger partial charge is 0.480 e. The van der Waals surface area contributed by atoms with E-state index in [0.29, 0.717) is 25.8 Å². The maximum absolute atomic E-state index is 12.3. The number of thiol groups is 1. The Bertz CT molecular complexity index is 477. The second-order valence-corrected chi connectivity index (χ2v) is 5.84. The molecule has 3 amide bonds. The molecule has 0 fully saturated rings. The highest BCUT2D eigenvalue weighted by atomic mass is 32.1. The fourth-order valence-electron chi connectivity index (χ4n) is 1.82. The van der Waals surface area contributed by atoms with Gasteiger partial charge in [-0.05, 0) is 32.7 Å². The number of amides is 3. The number of carbonyl (C=O) groups is 4. The van der Waals surface area contributed by atoms with Crippen LogP contribution in [-0.4, -0.2) is 65.8 Å². The number of unbranched alkanes of at least 4 members (excludes halogenated alkanes) is 1. The lowest BCUT2D eigenvalue weighted by molar-refractivity contribution is -0.138. The lowest BCUT2D eigenvalue weighted by Gasteiger charge is -2.22. The van der Waals surface area contributed by atoms with E-state index in [1.54, 1.807) is 0 Å². The van der Waals surface area contributed by atoms with Gasteiger partial charge in [-0.15, -0.1) is 0 Å². The van der Waals surface area contributed by atoms with Crippen LogP contribution in [0.4, 0.5) is 0 Å².